The molecule has 3 aromatic carbocycles. The predicted molar refractivity (Wildman–Crippen MR) is 175 cm³/mol. The molecule has 2 aromatic heterocycles. The van der Waals surface area contributed by atoms with Crippen LogP contribution in [0.2, 0.25) is 10.0 Å². The van der Waals surface area contributed by atoms with Gasteiger partial charge in [-0.3, -0.25) is 14.2 Å². The average Bonchev–Trinajstić information content (AvgIpc) is 3.43. The normalized spacial score (nSPS) is 12.3. The summed E-state index contributed by atoms with van der Waals surface area (Å²) in [4.78, 5) is 27.4. The Kier molecular flexibility index (Phi) is 8.74. The van der Waals surface area contributed by atoms with E-state index in [0.717, 1.165) is 50.7 Å². The Morgan fingerprint density at radius 1 is 0.930 bits per heavy atom. The molecule has 0 unspecified atom stereocenters. The number of nitrogens with one attached hydrogen (secondary N) is 1. The van der Waals surface area contributed by atoms with E-state index in [1.807, 2.05) is 82.3 Å². The zero-order chi connectivity index (χ0) is 30.8. The van der Waals surface area contributed by atoms with Crippen LogP contribution in [0.5, 0.6) is 0 Å². The van der Waals surface area contributed by atoms with E-state index in [4.69, 9.17) is 23.2 Å². The number of nitriles is 1. The van der Waals surface area contributed by atoms with E-state index in [1.54, 1.807) is 24.3 Å². The SMILES string of the molecule is Cc1ccc(-n2c(=C(C#N)C(=O)NCc3ccc(Cl)cc3)sc(=Cc3cc(C)n(-c4ccc(Cl)cc4)c3C)c2=O)c(C)c1. The number of carbonyl (C=O) groups excluding carboxylic acids is 1. The Morgan fingerprint density at radius 3 is 2.21 bits per heavy atom. The number of amides is 1. The van der Waals surface area contributed by atoms with E-state index < -0.39 is 5.91 Å². The van der Waals surface area contributed by atoms with Crippen molar-refractivity contribution in [3.63, 3.8) is 0 Å². The van der Waals surface area contributed by atoms with Crippen molar-refractivity contribution in [2.45, 2.75) is 34.2 Å². The number of hydrogen-bond acceptors (Lipinski definition) is 4. The van der Waals surface area contributed by atoms with Crippen LogP contribution in [-0.4, -0.2) is 15.0 Å². The molecule has 0 radical (unpaired) electrons. The number of halogens is 2. The zero-order valence-corrected chi connectivity index (χ0v) is 26.4. The molecule has 0 spiro atoms. The standard InChI is InChI=1S/C34H28Cl2N4O2S/c1-20-5-14-30(21(2)15-20)40-33(42)31(17-25-16-22(3)39(23(25)4)28-12-10-27(36)11-13-28)43-34(40)29(18-37)32(41)38-19-24-6-8-26(35)9-7-24/h5-17H,19H2,1-4H3,(H,38,41). The van der Waals surface area contributed by atoms with Crippen LogP contribution in [0.25, 0.3) is 23.0 Å². The second-order valence-electron chi connectivity index (χ2n) is 10.3. The zero-order valence-electron chi connectivity index (χ0n) is 24.0. The fourth-order valence-corrected chi connectivity index (χ4v) is 6.39. The van der Waals surface area contributed by atoms with Crippen LogP contribution < -0.4 is 20.1 Å². The smallest absolute Gasteiger partial charge is 0.273 e. The van der Waals surface area contributed by atoms with Crippen LogP contribution in [0.4, 0.5) is 0 Å². The number of aryl methyl sites for hydroxylation is 3. The monoisotopic (exact) mass is 626 g/mol. The van der Waals surface area contributed by atoms with E-state index in [1.165, 1.54) is 4.57 Å². The summed E-state index contributed by atoms with van der Waals surface area (Å²) in [6.45, 7) is 8.07. The Hall–Kier alpha value is -4.35. The molecule has 1 N–H and O–H groups in total. The first-order valence-corrected chi connectivity index (χ1v) is 15.1. The third kappa shape index (κ3) is 6.23. The van der Waals surface area contributed by atoms with Gasteiger partial charge in [-0.05, 0) is 99.0 Å². The topological polar surface area (TPSA) is 79.8 Å². The fourth-order valence-electron chi connectivity index (χ4n) is 5.06. The van der Waals surface area contributed by atoms with E-state index in [0.29, 0.717) is 20.3 Å². The van der Waals surface area contributed by atoms with E-state index in [2.05, 4.69) is 16.0 Å². The van der Waals surface area contributed by atoms with Crippen molar-refractivity contribution in [2.24, 2.45) is 0 Å². The quantitative estimate of drug-likeness (QED) is 0.249. The van der Waals surface area contributed by atoms with Crippen molar-refractivity contribution < 1.29 is 4.79 Å². The summed E-state index contributed by atoms with van der Waals surface area (Å²) >= 11 is 13.2. The van der Waals surface area contributed by atoms with Gasteiger partial charge in [0.2, 0.25) is 0 Å². The molecule has 5 aromatic rings. The molecule has 5 rings (SSSR count). The molecule has 0 bridgehead atoms. The van der Waals surface area contributed by atoms with Crippen LogP contribution in [0.15, 0.2) is 77.6 Å². The maximum atomic E-state index is 14.1. The highest BCUT2D eigenvalue weighted by Crippen LogP contribution is 2.23. The van der Waals surface area contributed by atoms with Gasteiger partial charge in [0.1, 0.15) is 10.7 Å². The van der Waals surface area contributed by atoms with Crippen LogP contribution in [0.3, 0.4) is 0 Å². The lowest BCUT2D eigenvalue weighted by molar-refractivity contribution is -0.115. The molecule has 0 fully saturated rings. The summed E-state index contributed by atoms with van der Waals surface area (Å²) in [6, 6.07) is 24.4. The van der Waals surface area contributed by atoms with Gasteiger partial charge in [0, 0.05) is 33.7 Å². The van der Waals surface area contributed by atoms with Crippen LogP contribution in [0.1, 0.15) is 33.6 Å². The minimum Gasteiger partial charge on any atom is -0.347 e. The number of hydrogen-bond donors (Lipinski definition) is 1. The van der Waals surface area contributed by atoms with E-state index in [-0.39, 0.29) is 22.3 Å². The molecule has 0 aliphatic heterocycles. The van der Waals surface area contributed by atoms with Gasteiger partial charge < -0.3 is 9.88 Å². The van der Waals surface area contributed by atoms with Crippen molar-refractivity contribution in [3.05, 3.63) is 136 Å². The number of aromatic nitrogens is 2. The first kappa shape index (κ1) is 30.1. The van der Waals surface area contributed by atoms with Crippen molar-refractivity contribution in [3.8, 4) is 17.4 Å². The molecule has 0 saturated heterocycles. The summed E-state index contributed by atoms with van der Waals surface area (Å²) in [5.74, 6) is -0.565. The van der Waals surface area contributed by atoms with Gasteiger partial charge in [-0.2, -0.15) is 5.26 Å². The lowest BCUT2D eigenvalue weighted by atomic mass is 10.1. The molecule has 9 heteroatoms. The van der Waals surface area contributed by atoms with Crippen LogP contribution in [0, 0.1) is 39.0 Å². The van der Waals surface area contributed by atoms with Crippen molar-refractivity contribution in [1.82, 2.24) is 14.5 Å². The molecule has 1 amide bonds. The maximum Gasteiger partial charge on any atom is 0.273 e. The summed E-state index contributed by atoms with van der Waals surface area (Å²) in [5.41, 5.74) is 6.64. The molecule has 0 atom stereocenters. The van der Waals surface area contributed by atoms with Gasteiger partial charge in [-0.15, -0.1) is 11.3 Å². The molecule has 0 aliphatic carbocycles. The molecule has 6 nitrogen and oxygen atoms in total. The highest BCUT2D eigenvalue weighted by atomic mass is 35.5. The van der Waals surface area contributed by atoms with Gasteiger partial charge >= 0.3 is 0 Å². The number of rotatable bonds is 6. The highest BCUT2D eigenvalue weighted by molar-refractivity contribution is 7.07. The van der Waals surface area contributed by atoms with Crippen LogP contribution in [-0.2, 0) is 11.3 Å². The van der Waals surface area contributed by atoms with Crippen molar-refractivity contribution >= 4 is 52.1 Å². The third-order valence-electron chi connectivity index (χ3n) is 7.18. The van der Waals surface area contributed by atoms with Crippen LogP contribution >= 0.6 is 34.5 Å². The largest absolute Gasteiger partial charge is 0.347 e. The van der Waals surface area contributed by atoms with E-state index in [9.17, 15) is 14.9 Å². The summed E-state index contributed by atoms with van der Waals surface area (Å²) in [6.07, 6.45) is 1.83. The Morgan fingerprint density at radius 2 is 1.58 bits per heavy atom. The van der Waals surface area contributed by atoms with Gasteiger partial charge in [-0.1, -0.05) is 53.0 Å². The highest BCUT2D eigenvalue weighted by Gasteiger charge is 2.19. The van der Waals surface area contributed by atoms with Gasteiger partial charge in [0.15, 0.2) is 5.57 Å². The first-order chi connectivity index (χ1) is 20.6. The predicted octanol–water partition coefficient (Wildman–Crippen LogP) is 6.05. The molecule has 2 heterocycles. The van der Waals surface area contributed by atoms with Crippen molar-refractivity contribution in [1.29, 1.82) is 5.26 Å². The summed E-state index contributed by atoms with van der Waals surface area (Å²) in [7, 11) is 0. The molecular weight excluding hydrogens is 599 g/mol. The molecule has 0 saturated carbocycles. The second-order valence-corrected chi connectivity index (χ2v) is 12.2. The minimum atomic E-state index is -0.565. The minimum absolute atomic E-state index is 0.137. The lowest BCUT2D eigenvalue weighted by Crippen LogP contribution is -2.34. The second kappa shape index (κ2) is 12.5. The fraction of sp³-hybridized carbons (Fsp3) is 0.147. The number of benzene rings is 3. The number of thiazole rings is 1. The number of nitrogens with zero attached hydrogens (tertiary/aromatic N) is 3. The van der Waals surface area contributed by atoms with E-state index >= 15 is 0 Å². The van der Waals surface area contributed by atoms with Gasteiger partial charge in [-0.25, -0.2) is 0 Å². The van der Waals surface area contributed by atoms with Gasteiger partial charge in [0.25, 0.3) is 11.5 Å². The Labute approximate surface area is 263 Å². The third-order valence-corrected chi connectivity index (χ3v) is 8.77. The van der Waals surface area contributed by atoms with Crippen molar-refractivity contribution in [2.75, 3.05) is 0 Å². The molecule has 43 heavy (non-hydrogen) atoms. The molecule has 216 valence electrons. The lowest BCUT2D eigenvalue weighted by Gasteiger charge is -2.09. The average molecular weight is 628 g/mol. The first-order valence-electron chi connectivity index (χ1n) is 13.5. The summed E-state index contributed by atoms with van der Waals surface area (Å²) in [5, 5.41) is 14.2. The molecular formula is C34H28Cl2N4O2S. The number of carbonyl (C=O) groups is 1. The maximum absolute atomic E-state index is 14.1. The summed E-state index contributed by atoms with van der Waals surface area (Å²) < 4.78 is 4.25. The van der Waals surface area contributed by atoms with Gasteiger partial charge in [0.05, 0.1) is 10.2 Å². The Bertz CT molecular complexity index is 2080. The molecule has 0 aliphatic rings. The Balaban J connectivity index is 1.69.